The average Bonchev–Trinajstić information content (AvgIpc) is 2.18. The minimum absolute atomic E-state index is 0.0486. The number of carboxylic acid groups (broad SMARTS) is 1. The summed E-state index contributed by atoms with van der Waals surface area (Å²) >= 11 is 11.7. The molecule has 0 radical (unpaired) electrons. The molecule has 0 saturated carbocycles. The van der Waals surface area contributed by atoms with Crippen LogP contribution in [0.25, 0.3) is 0 Å². The van der Waals surface area contributed by atoms with E-state index in [2.05, 4.69) is 5.32 Å². The van der Waals surface area contributed by atoms with Gasteiger partial charge in [-0.25, -0.2) is 4.79 Å². The molecule has 1 rings (SSSR count). The van der Waals surface area contributed by atoms with Crippen LogP contribution in [-0.4, -0.2) is 17.1 Å². The second kappa shape index (κ2) is 5.41. The van der Waals surface area contributed by atoms with E-state index in [-0.39, 0.29) is 5.92 Å². The Bertz CT molecular complexity index is 394. The van der Waals surface area contributed by atoms with Crippen LogP contribution in [-0.2, 0) is 4.79 Å². The summed E-state index contributed by atoms with van der Waals surface area (Å²) in [4.78, 5) is 11.0. The van der Waals surface area contributed by atoms with Crippen molar-refractivity contribution in [1.82, 2.24) is 0 Å². The van der Waals surface area contributed by atoms with Crippen molar-refractivity contribution in [2.75, 3.05) is 5.32 Å². The van der Waals surface area contributed by atoms with E-state index in [4.69, 9.17) is 28.3 Å². The van der Waals surface area contributed by atoms with Crippen LogP contribution in [0, 0.1) is 5.92 Å². The van der Waals surface area contributed by atoms with Crippen LogP contribution in [0.5, 0.6) is 0 Å². The molecule has 1 aromatic rings. The number of halogens is 2. The number of carbonyl (C=O) groups is 1. The number of anilines is 1. The lowest BCUT2D eigenvalue weighted by Gasteiger charge is -2.20. The topological polar surface area (TPSA) is 49.3 Å². The van der Waals surface area contributed by atoms with Gasteiger partial charge in [-0.05, 0) is 24.1 Å². The molecule has 0 saturated heterocycles. The van der Waals surface area contributed by atoms with Gasteiger partial charge in [-0.1, -0.05) is 37.0 Å². The zero-order valence-electron chi connectivity index (χ0n) is 9.00. The number of nitrogens with one attached hydrogen (secondary N) is 1. The van der Waals surface area contributed by atoms with Gasteiger partial charge in [0.25, 0.3) is 0 Å². The number of carboxylic acids is 1. The standard InChI is InChI=1S/C11H13Cl2NO2/c1-6(2)10(11(15)16)14-9-5-7(12)3-4-8(9)13/h3-6,10,14H,1-2H3,(H,15,16)/t10-/m0/s1. The predicted molar refractivity (Wildman–Crippen MR) is 66.3 cm³/mol. The Morgan fingerprint density at radius 3 is 2.50 bits per heavy atom. The van der Waals surface area contributed by atoms with Gasteiger partial charge in [0.05, 0.1) is 10.7 Å². The van der Waals surface area contributed by atoms with Crippen molar-refractivity contribution in [2.45, 2.75) is 19.9 Å². The highest BCUT2D eigenvalue weighted by molar-refractivity contribution is 6.35. The van der Waals surface area contributed by atoms with Gasteiger partial charge in [-0.15, -0.1) is 0 Å². The van der Waals surface area contributed by atoms with E-state index in [9.17, 15) is 4.79 Å². The van der Waals surface area contributed by atoms with E-state index in [0.717, 1.165) is 0 Å². The maximum absolute atomic E-state index is 11.0. The Hall–Kier alpha value is -0.930. The van der Waals surface area contributed by atoms with Crippen LogP contribution in [0.3, 0.4) is 0 Å². The lowest BCUT2D eigenvalue weighted by atomic mass is 10.0. The van der Waals surface area contributed by atoms with Gasteiger partial charge in [0, 0.05) is 5.02 Å². The fourth-order valence-electron chi connectivity index (χ4n) is 1.29. The quantitative estimate of drug-likeness (QED) is 0.872. The van der Waals surface area contributed by atoms with Crippen molar-refractivity contribution in [3.63, 3.8) is 0 Å². The van der Waals surface area contributed by atoms with Gasteiger partial charge in [0.2, 0.25) is 0 Å². The lowest BCUT2D eigenvalue weighted by molar-refractivity contribution is -0.138. The molecule has 0 aliphatic carbocycles. The SMILES string of the molecule is CC(C)[C@H](Nc1cc(Cl)ccc1Cl)C(=O)O. The summed E-state index contributed by atoms with van der Waals surface area (Å²) in [5, 5.41) is 12.9. The van der Waals surface area contributed by atoms with Crippen molar-refractivity contribution in [3.8, 4) is 0 Å². The molecule has 0 spiro atoms. The van der Waals surface area contributed by atoms with Gasteiger partial charge in [-0.2, -0.15) is 0 Å². The predicted octanol–water partition coefficient (Wildman–Crippen LogP) is 3.51. The maximum Gasteiger partial charge on any atom is 0.326 e. The molecule has 5 heteroatoms. The molecular weight excluding hydrogens is 249 g/mol. The molecule has 0 aliphatic rings. The largest absolute Gasteiger partial charge is 0.480 e. The van der Waals surface area contributed by atoms with Gasteiger partial charge in [0.1, 0.15) is 6.04 Å². The maximum atomic E-state index is 11.0. The molecule has 0 heterocycles. The van der Waals surface area contributed by atoms with Gasteiger partial charge >= 0.3 is 5.97 Å². The summed E-state index contributed by atoms with van der Waals surface area (Å²) < 4.78 is 0. The van der Waals surface area contributed by atoms with Crippen LogP contribution in [0.4, 0.5) is 5.69 Å². The molecule has 16 heavy (non-hydrogen) atoms. The monoisotopic (exact) mass is 261 g/mol. The summed E-state index contributed by atoms with van der Waals surface area (Å²) in [7, 11) is 0. The van der Waals surface area contributed by atoms with Crippen molar-refractivity contribution < 1.29 is 9.90 Å². The smallest absolute Gasteiger partial charge is 0.326 e. The molecule has 88 valence electrons. The van der Waals surface area contributed by atoms with E-state index in [1.165, 1.54) is 0 Å². The summed E-state index contributed by atoms with van der Waals surface area (Å²) in [6.45, 7) is 3.65. The second-order valence-electron chi connectivity index (χ2n) is 3.83. The number of rotatable bonds is 4. The number of benzene rings is 1. The fourth-order valence-corrected chi connectivity index (χ4v) is 1.63. The molecule has 0 fully saturated rings. The molecule has 0 aliphatic heterocycles. The molecule has 3 nitrogen and oxygen atoms in total. The molecule has 0 amide bonds. The Labute approximate surface area is 104 Å². The van der Waals surface area contributed by atoms with E-state index in [1.807, 2.05) is 13.8 Å². The first-order valence-corrected chi connectivity index (χ1v) is 5.62. The van der Waals surface area contributed by atoms with E-state index >= 15 is 0 Å². The fraction of sp³-hybridized carbons (Fsp3) is 0.364. The number of hydrogen-bond acceptors (Lipinski definition) is 2. The van der Waals surface area contributed by atoms with Crippen molar-refractivity contribution >= 4 is 34.9 Å². The Kier molecular flexibility index (Phi) is 4.44. The first-order chi connectivity index (χ1) is 7.41. The molecule has 0 aromatic heterocycles. The summed E-state index contributed by atoms with van der Waals surface area (Å²) in [6.07, 6.45) is 0. The number of hydrogen-bond donors (Lipinski definition) is 2. The Balaban J connectivity index is 2.93. The molecule has 2 N–H and O–H groups in total. The normalized spacial score (nSPS) is 12.6. The highest BCUT2D eigenvalue weighted by Gasteiger charge is 2.21. The Morgan fingerprint density at radius 2 is 2.00 bits per heavy atom. The minimum Gasteiger partial charge on any atom is -0.480 e. The highest BCUT2D eigenvalue weighted by Crippen LogP contribution is 2.26. The lowest BCUT2D eigenvalue weighted by Crippen LogP contribution is -2.34. The van der Waals surface area contributed by atoms with Crippen LogP contribution >= 0.6 is 23.2 Å². The van der Waals surface area contributed by atoms with E-state index in [0.29, 0.717) is 15.7 Å². The van der Waals surface area contributed by atoms with Crippen LogP contribution in [0.15, 0.2) is 18.2 Å². The molecule has 1 atom stereocenters. The summed E-state index contributed by atoms with van der Waals surface area (Å²) in [6, 6.07) is 4.21. The van der Waals surface area contributed by atoms with Crippen LogP contribution in [0.1, 0.15) is 13.8 Å². The molecular formula is C11H13Cl2NO2. The summed E-state index contributed by atoms with van der Waals surface area (Å²) in [5.41, 5.74) is 0.537. The van der Waals surface area contributed by atoms with E-state index in [1.54, 1.807) is 18.2 Å². The van der Waals surface area contributed by atoms with Gasteiger partial charge in [0.15, 0.2) is 0 Å². The second-order valence-corrected chi connectivity index (χ2v) is 4.67. The minimum atomic E-state index is -0.911. The zero-order valence-corrected chi connectivity index (χ0v) is 10.5. The number of aliphatic carboxylic acids is 1. The summed E-state index contributed by atoms with van der Waals surface area (Å²) in [5.74, 6) is -0.960. The first-order valence-electron chi connectivity index (χ1n) is 4.86. The van der Waals surface area contributed by atoms with Gasteiger partial charge in [-0.3, -0.25) is 0 Å². The third-order valence-corrected chi connectivity index (χ3v) is 2.74. The van der Waals surface area contributed by atoms with Crippen molar-refractivity contribution in [3.05, 3.63) is 28.2 Å². The molecule has 0 unspecified atom stereocenters. The third kappa shape index (κ3) is 3.29. The molecule has 0 bridgehead atoms. The Morgan fingerprint density at radius 1 is 1.38 bits per heavy atom. The third-order valence-electron chi connectivity index (χ3n) is 2.17. The van der Waals surface area contributed by atoms with E-state index < -0.39 is 12.0 Å². The van der Waals surface area contributed by atoms with Crippen LogP contribution < -0.4 is 5.32 Å². The first kappa shape index (κ1) is 13.1. The van der Waals surface area contributed by atoms with Crippen molar-refractivity contribution in [2.24, 2.45) is 5.92 Å². The average molecular weight is 262 g/mol. The molecule has 1 aromatic carbocycles. The van der Waals surface area contributed by atoms with Gasteiger partial charge < -0.3 is 10.4 Å². The van der Waals surface area contributed by atoms with Crippen LogP contribution in [0.2, 0.25) is 10.0 Å². The van der Waals surface area contributed by atoms with Crippen molar-refractivity contribution in [1.29, 1.82) is 0 Å². The zero-order chi connectivity index (χ0) is 12.3. The highest BCUT2D eigenvalue weighted by atomic mass is 35.5.